The average molecular weight is 226 g/mol. The maximum Gasteiger partial charge on any atom is 0.254 e. The molecule has 0 aromatic rings. The van der Waals surface area contributed by atoms with Crippen LogP contribution in [0.3, 0.4) is 0 Å². The van der Waals surface area contributed by atoms with E-state index in [2.05, 4.69) is 5.32 Å². The van der Waals surface area contributed by atoms with Crippen molar-refractivity contribution < 1.29 is 20.6 Å². The number of hydrogen-bond donors (Lipinski definition) is 1. The fourth-order valence-corrected chi connectivity index (χ4v) is 1.16. The summed E-state index contributed by atoms with van der Waals surface area (Å²) < 4.78 is 0. The van der Waals surface area contributed by atoms with Crippen molar-refractivity contribution >= 4 is 23.5 Å². The number of carbonyl (C=O) groups is 4. The molecule has 0 radical (unpaired) electrons. The lowest BCUT2D eigenvalue weighted by atomic mass is 10.3. The minimum Gasteiger partial charge on any atom is -0.354 e. The van der Waals surface area contributed by atoms with Gasteiger partial charge in [-0.1, -0.05) is 0 Å². The van der Waals surface area contributed by atoms with E-state index in [1.165, 1.54) is 6.92 Å². The van der Waals surface area contributed by atoms with Crippen LogP contribution in [0, 0.1) is 0 Å². The van der Waals surface area contributed by atoms with E-state index in [1.54, 1.807) is 0 Å². The predicted molar refractivity (Wildman–Crippen MR) is 56.3 cm³/mol. The summed E-state index contributed by atoms with van der Waals surface area (Å²) in [5.41, 5.74) is 0. The molecule has 1 N–H and O–H groups in total. The summed E-state index contributed by atoms with van der Waals surface area (Å²) >= 11 is 0. The molecule has 1 aliphatic rings. The van der Waals surface area contributed by atoms with Gasteiger partial charge in [0.05, 0.1) is 0 Å². The van der Waals surface area contributed by atoms with Gasteiger partial charge in [-0.15, -0.1) is 0 Å². The van der Waals surface area contributed by atoms with Gasteiger partial charge in [0.25, 0.3) is 11.8 Å². The van der Waals surface area contributed by atoms with E-state index >= 15 is 0 Å². The topological polar surface area (TPSA) is 83.6 Å². The summed E-state index contributed by atoms with van der Waals surface area (Å²) in [7, 11) is 0. The minimum absolute atomic E-state index is 0. The van der Waals surface area contributed by atoms with Gasteiger partial charge < -0.3 is 5.32 Å². The maximum absolute atomic E-state index is 11.3. The van der Waals surface area contributed by atoms with Crippen LogP contribution in [0.15, 0.2) is 12.2 Å². The highest BCUT2D eigenvalue weighted by molar-refractivity contribution is 6.14. The van der Waals surface area contributed by atoms with Gasteiger partial charge in [0.2, 0.25) is 5.91 Å². The van der Waals surface area contributed by atoms with Crippen molar-refractivity contribution in [2.24, 2.45) is 0 Å². The second-order valence-corrected chi connectivity index (χ2v) is 3.40. The monoisotopic (exact) mass is 226 g/mol. The summed E-state index contributed by atoms with van der Waals surface area (Å²) in [4.78, 5) is 44.9. The molecule has 0 saturated heterocycles. The molecular formula is C10H14N2O4. The molecule has 0 spiro atoms. The number of amides is 3. The van der Waals surface area contributed by atoms with Crippen LogP contribution in [0.1, 0.15) is 14.8 Å². The number of Topliss-reactive ketones (excluding diaryl/α,β-unsaturated/α-hetero) is 1. The quantitative estimate of drug-likeness (QED) is 0.625. The smallest absolute Gasteiger partial charge is 0.254 e. The number of carbonyl (C=O) groups excluding carboxylic acids is 4. The number of rotatable bonds is 5. The van der Waals surface area contributed by atoms with E-state index in [0.717, 1.165) is 17.1 Å². The lowest BCUT2D eigenvalue weighted by Crippen LogP contribution is -2.40. The van der Waals surface area contributed by atoms with Crippen LogP contribution < -0.4 is 5.32 Å². The van der Waals surface area contributed by atoms with Gasteiger partial charge in [-0.2, -0.15) is 0 Å². The molecule has 0 aliphatic carbocycles. The molecule has 0 bridgehead atoms. The van der Waals surface area contributed by atoms with Crippen LogP contribution in [-0.4, -0.2) is 41.5 Å². The van der Waals surface area contributed by atoms with E-state index in [0.29, 0.717) is 0 Å². The van der Waals surface area contributed by atoms with E-state index in [1.807, 2.05) is 0 Å². The van der Waals surface area contributed by atoms with Crippen molar-refractivity contribution in [3.05, 3.63) is 12.2 Å². The first-order valence-electron chi connectivity index (χ1n) is 4.80. The van der Waals surface area contributed by atoms with E-state index < -0.39 is 17.7 Å². The van der Waals surface area contributed by atoms with E-state index in [4.69, 9.17) is 0 Å². The van der Waals surface area contributed by atoms with Crippen molar-refractivity contribution in [2.75, 3.05) is 13.1 Å². The lowest BCUT2D eigenvalue weighted by Gasteiger charge is -2.12. The molecule has 0 saturated carbocycles. The first-order valence-corrected chi connectivity index (χ1v) is 4.80. The Hall–Kier alpha value is -1.98. The van der Waals surface area contributed by atoms with Gasteiger partial charge >= 0.3 is 0 Å². The number of nitrogens with zero attached hydrogens (tertiary/aromatic N) is 1. The van der Waals surface area contributed by atoms with Crippen LogP contribution in [0.25, 0.3) is 0 Å². The molecule has 88 valence electrons. The van der Waals surface area contributed by atoms with Crippen LogP contribution >= 0.6 is 0 Å². The van der Waals surface area contributed by atoms with Crippen molar-refractivity contribution in [1.29, 1.82) is 0 Å². The fraction of sp³-hybridized carbons (Fsp3) is 0.400. The molecule has 1 heterocycles. The molecule has 0 unspecified atom stereocenters. The molecule has 1 aliphatic heterocycles. The SMILES string of the molecule is CC(=O)CCNC(=O)CN1C(=O)C=CC1=O.[HH]. The third kappa shape index (κ3) is 3.30. The molecule has 6 heteroatoms. The number of hydrogen-bond acceptors (Lipinski definition) is 4. The van der Waals surface area contributed by atoms with Gasteiger partial charge in [0.1, 0.15) is 12.3 Å². The Morgan fingerprint density at radius 2 is 1.88 bits per heavy atom. The molecular weight excluding hydrogens is 212 g/mol. The van der Waals surface area contributed by atoms with Crippen molar-refractivity contribution in [2.45, 2.75) is 13.3 Å². The normalized spacial score (nSPS) is 14.4. The Bertz CT molecular complexity index is 361. The molecule has 6 nitrogen and oxygen atoms in total. The van der Waals surface area contributed by atoms with Gasteiger partial charge in [-0.25, -0.2) is 0 Å². The summed E-state index contributed by atoms with van der Waals surface area (Å²) in [6, 6.07) is 0. The molecule has 0 aromatic carbocycles. The zero-order valence-corrected chi connectivity index (χ0v) is 8.86. The second-order valence-electron chi connectivity index (χ2n) is 3.40. The molecule has 3 amide bonds. The fourth-order valence-electron chi connectivity index (χ4n) is 1.16. The van der Waals surface area contributed by atoms with Crippen LogP contribution in [0.5, 0.6) is 0 Å². The molecule has 16 heavy (non-hydrogen) atoms. The van der Waals surface area contributed by atoms with Crippen LogP contribution in [0.2, 0.25) is 0 Å². The highest BCUT2D eigenvalue weighted by atomic mass is 16.2. The minimum atomic E-state index is -0.494. The standard InChI is InChI=1S/C10H12N2O4.H2/c1-7(13)4-5-11-8(14)6-12-9(15)2-3-10(12)16;/h2-3H,4-6H2,1H3,(H,11,14);1H. The summed E-state index contributed by atoms with van der Waals surface area (Å²) in [5, 5.41) is 2.45. The Balaban J connectivity index is 0.00000256. The second kappa shape index (κ2) is 5.20. The zero-order chi connectivity index (χ0) is 12.1. The molecule has 0 aromatic heterocycles. The molecule has 0 atom stereocenters. The zero-order valence-electron chi connectivity index (χ0n) is 8.86. The molecule has 0 fully saturated rings. The Kier molecular flexibility index (Phi) is 3.93. The maximum atomic E-state index is 11.3. The van der Waals surface area contributed by atoms with Gasteiger partial charge in [-0.05, 0) is 6.92 Å². The largest absolute Gasteiger partial charge is 0.354 e. The summed E-state index contributed by atoms with van der Waals surface area (Å²) in [6.45, 7) is 1.34. The molecule has 1 rings (SSSR count). The van der Waals surface area contributed by atoms with Crippen LogP contribution in [-0.2, 0) is 19.2 Å². The summed E-state index contributed by atoms with van der Waals surface area (Å²) in [6.07, 6.45) is 2.47. The van der Waals surface area contributed by atoms with Crippen LogP contribution in [0.4, 0.5) is 0 Å². The predicted octanol–water partition coefficient (Wildman–Crippen LogP) is -0.747. The first-order chi connectivity index (χ1) is 7.50. The number of imide groups is 1. The third-order valence-electron chi connectivity index (χ3n) is 2.00. The highest BCUT2D eigenvalue weighted by Crippen LogP contribution is 2.02. The van der Waals surface area contributed by atoms with Gasteiger partial charge in [0.15, 0.2) is 0 Å². The summed E-state index contributed by atoms with van der Waals surface area (Å²) in [5.74, 6) is -1.47. The Labute approximate surface area is 93.8 Å². The third-order valence-corrected chi connectivity index (χ3v) is 2.00. The van der Waals surface area contributed by atoms with E-state index in [-0.39, 0.29) is 26.7 Å². The van der Waals surface area contributed by atoms with E-state index in [9.17, 15) is 19.2 Å². The number of nitrogens with one attached hydrogen (secondary N) is 1. The van der Waals surface area contributed by atoms with Gasteiger partial charge in [0, 0.05) is 26.5 Å². The number of ketones is 1. The van der Waals surface area contributed by atoms with Crippen molar-refractivity contribution in [3.8, 4) is 0 Å². The highest BCUT2D eigenvalue weighted by Gasteiger charge is 2.25. The average Bonchev–Trinajstić information content (AvgIpc) is 2.49. The first kappa shape index (κ1) is 12.1. The lowest BCUT2D eigenvalue weighted by molar-refractivity contribution is -0.141. The Morgan fingerprint density at radius 3 is 2.38 bits per heavy atom. The van der Waals surface area contributed by atoms with Crippen molar-refractivity contribution in [1.82, 2.24) is 10.2 Å². The Morgan fingerprint density at radius 1 is 1.31 bits per heavy atom. The van der Waals surface area contributed by atoms with Crippen molar-refractivity contribution in [3.63, 3.8) is 0 Å². The van der Waals surface area contributed by atoms with Gasteiger partial charge in [-0.3, -0.25) is 24.1 Å².